The molecule has 0 unspecified atom stereocenters. The molecule has 5 heteroatoms. The van der Waals surface area contributed by atoms with Crippen LogP contribution >= 0.6 is 0 Å². The van der Waals surface area contributed by atoms with Crippen molar-refractivity contribution in [3.63, 3.8) is 0 Å². The average Bonchev–Trinajstić information content (AvgIpc) is 2.03. The third kappa shape index (κ3) is 3.62. The second kappa shape index (κ2) is 4.93. The van der Waals surface area contributed by atoms with Crippen molar-refractivity contribution in [2.24, 2.45) is 0 Å². The molecule has 0 radical (unpaired) electrons. The normalized spacial score (nSPS) is 10.2. The van der Waals surface area contributed by atoms with Gasteiger partial charge in [0, 0.05) is 0 Å². The summed E-state index contributed by atoms with van der Waals surface area (Å²) in [7, 11) is -4.33. The zero-order valence-corrected chi connectivity index (χ0v) is 10.0. The van der Waals surface area contributed by atoms with E-state index < -0.39 is 10.1 Å². The van der Waals surface area contributed by atoms with Crippen molar-refractivity contribution in [3.8, 4) is 0 Å². The number of hydrogen-bond donors (Lipinski definition) is 0. The Hall–Kier alpha value is -0.130. The zero-order chi connectivity index (χ0) is 9.19. The molecule has 0 saturated carbocycles. The summed E-state index contributed by atoms with van der Waals surface area (Å²) in [5, 5.41) is 0. The summed E-state index contributed by atoms with van der Waals surface area (Å²) in [6, 6.07) is 5.72. The van der Waals surface area contributed by atoms with Crippen molar-refractivity contribution >= 4 is 16.2 Å². The quantitative estimate of drug-likeness (QED) is 0.425. The first-order valence-corrected chi connectivity index (χ1v) is 4.63. The van der Waals surface area contributed by atoms with Crippen LogP contribution in [0.25, 0.3) is 6.08 Å². The van der Waals surface area contributed by atoms with Crippen LogP contribution in [0.4, 0.5) is 0 Å². The molecule has 1 rings (SSSR count). The standard InChI is InChI=1S/C8H8O3S.Na/c1-2-7-4-3-5-8(6-7)12(9,10)11;/h2-6H,1H2,(H,9,10,11);/q;+1/p-1. The molecule has 0 bridgehead atoms. The van der Waals surface area contributed by atoms with Gasteiger partial charge in [0.15, 0.2) is 0 Å². The molecule has 1 aromatic carbocycles. The Morgan fingerprint density at radius 1 is 1.38 bits per heavy atom. The Balaban J connectivity index is 0.00000144. The van der Waals surface area contributed by atoms with Crippen molar-refractivity contribution in [3.05, 3.63) is 36.4 Å². The summed E-state index contributed by atoms with van der Waals surface area (Å²) in [5.74, 6) is 0. The molecule has 0 aliphatic rings. The summed E-state index contributed by atoms with van der Waals surface area (Å²) < 4.78 is 31.5. The van der Waals surface area contributed by atoms with E-state index in [2.05, 4.69) is 6.58 Å². The van der Waals surface area contributed by atoms with E-state index >= 15 is 0 Å². The van der Waals surface area contributed by atoms with E-state index in [1.165, 1.54) is 24.3 Å². The Bertz CT molecular complexity index is 398. The van der Waals surface area contributed by atoms with Crippen LogP contribution in [0, 0.1) is 0 Å². The maximum Gasteiger partial charge on any atom is 1.00 e. The minimum atomic E-state index is -4.33. The van der Waals surface area contributed by atoms with E-state index in [0.29, 0.717) is 5.56 Å². The summed E-state index contributed by atoms with van der Waals surface area (Å²) in [5.41, 5.74) is 0.618. The van der Waals surface area contributed by atoms with Crippen LogP contribution in [0.1, 0.15) is 5.56 Å². The molecule has 3 nitrogen and oxygen atoms in total. The molecule has 0 saturated heterocycles. The molecule has 0 heterocycles. The van der Waals surface area contributed by atoms with Crippen LogP contribution in [0.15, 0.2) is 35.7 Å². The molecule has 0 aliphatic carbocycles. The third-order valence-electron chi connectivity index (χ3n) is 1.38. The molecule has 0 fully saturated rings. The molecule has 0 aromatic heterocycles. The summed E-state index contributed by atoms with van der Waals surface area (Å²) >= 11 is 0. The van der Waals surface area contributed by atoms with Gasteiger partial charge in [-0.3, -0.25) is 0 Å². The molecule has 0 amide bonds. The second-order valence-corrected chi connectivity index (χ2v) is 3.61. The fraction of sp³-hybridized carbons (Fsp3) is 0. The van der Waals surface area contributed by atoms with E-state index in [0.717, 1.165) is 0 Å². The van der Waals surface area contributed by atoms with E-state index in [4.69, 9.17) is 0 Å². The van der Waals surface area contributed by atoms with Crippen molar-refractivity contribution in [1.82, 2.24) is 0 Å². The molecular formula is C8H7NaO3S. The summed E-state index contributed by atoms with van der Waals surface area (Å²) in [6.45, 7) is 3.46. The Morgan fingerprint density at radius 3 is 2.46 bits per heavy atom. The Morgan fingerprint density at radius 2 is 2.00 bits per heavy atom. The van der Waals surface area contributed by atoms with Crippen molar-refractivity contribution in [1.29, 1.82) is 0 Å². The first-order chi connectivity index (χ1) is 5.54. The second-order valence-electron chi connectivity index (χ2n) is 2.23. The molecule has 0 atom stereocenters. The van der Waals surface area contributed by atoms with Gasteiger partial charge >= 0.3 is 29.6 Å². The SMILES string of the molecule is C=Cc1cccc(S(=O)(=O)[O-])c1.[Na+]. The number of rotatable bonds is 2. The van der Waals surface area contributed by atoms with Gasteiger partial charge in [0.05, 0.1) is 4.90 Å². The van der Waals surface area contributed by atoms with Gasteiger partial charge in [-0.2, -0.15) is 0 Å². The van der Waals surface area contributed by atoms with E-state index in [1.807, 2.05) is 0 Å². The predicted molar refractivity (Wildman–Crippen MR) is 44.5 cm³/mol. The number of hydrogen-bond acceptors (Lipinski definition) is 3. The van der Waals surface area contributed by atoms with Crippen LogP contribution in [0.3, 0.4) is 0 Å². The molecule has 0 aliphatic heterocycles. The van der Waals surface area contributed by atoms with E-state index in [9.17, 15) is 13.0 Å². The van der Waals surface area contributed by atoms with Gasteiger partial charge in [0.25, 0.3) is 0 Å². The van der Waals surface area contributed by atoms with Crippen LogP contribution in [0.5, 0.6) is 0 Å². The Labute approximate surface area is 99.5 Å². The largest absolute Gasteiger partial charge is 1.00 e. The monoisotopic (exact) mass is 206 g/mol. The van der Waals surface area contributed by atoms with Crippen LogP contribution in [0.2, 0.25) is 0 Å². The van der Waals surface area contributed by atoms with Crippen molar-refractivity contribution < 1.29 is 42.5 Å². The van der Waals surface area contributed by atoms with Crippen LogP contribution in [-0.4, -0.2) is 13.0 Å². The Kier molecular flexibility index (Phi) is 4.88. The molecular weight excluding hydrogens is 199 g/mol. The van der Waals surface area contributed by atoms with Crippen molar-refractivity contribution in [2.45, 2.75) is 4.90 Å². The average molecular weight is 206 g/mol. The maximum atomic E-state index is 10.5. The van der Waals surface area contributed by atoms with Gasteiger partial charge in [-0.05, 0) is 17.7 Å². The van der Waals surface area contributed by atoms with Crippen LogP contribution < -0.4 is 29.6 Å². The van der Waals surface area contributed by atoms with Crippen LogP contribution in [-0.2, 0) is 10.1 Å². The topological polar surface area (TPSA) is 57.2 Å². The molecule has 64 valence electrons. The predicted octanol–water partition coefficient (Wildman–Crippen LogP) is -1.76. The molecule has 13 heavy (non-hydrogen) atoms. The van der Waals surface area contributed by atoms with Gasteiger partial charge < -0.3 is 4.55 Å². The molecule has 0 spiro atoms. The first-order valence-electron chi connectivity index (χ1n) is 3.22. The summed E-state index contributed by atoms with van der Waals surface area (Å²) in [4.78, 5) is -0.222. The van der Waals surface area contributed by atoms with Gasteiger partial charge in [-0.1, -0.05) is 24.8 Å². The molecule has 1 aromatic rings. The molecule has 0 N–H and O–H groups in total. The maximum absolute atomic E-state index is 10.5. The van der Waals surface area contributed by atoms with Gasteiger partial charge in [0.2, 0.25) is 0 Å². The smallest absolute Gasteiger partial charge is 0.744 e. The van der Waals surface area contributed by atoms with Gasteiger partial charge in [-0.25, -0.2) is 8.42 Å². The summed E-state index contributed by atoms with van der Waals surface area (Å²) in [6.07, 6.45) is 1.48. The minimum absolute atomic E-state index is 0. The first kappa shape index (κ1) is 12.9. The fourth-order valence-electron chi connectivity index (χ4n) is 0.797. The fourth-order valence-corrected chi connectivity index (χ4v) is 1.32. The third-order valence-corrected chi connectivity index (χ3v) is 2.21. The van der Waals surface area contributed by atoms with Gasteiger partial charge in [-0.15, -0.1) is 0 Å². The van der Waals surface area contributed by atoms with E-state index in [1.54, 1.807) is 6.07 Å². The zero-order valence-electron chi connectivity index (χ0n) is 7.23. The van der Waals surface area contributed by atoms with E-state index in [-0.39, 0.29) is 34.5 Å². The minimum Gasteiger partial charge on any atom is -0.744 e. The van der Waals surface area contributed by atoms with Gasteiger partial charge in [0.1, 0.15) is 10.1 Å². The number of benzene rings is 1. The van der Waals surface area contributed by atoms with Crippen molar-refractivity contribution in [2.75, 3.05) is 0 Å².